The number of amides is 6. The Morgan fingerprint density at radius 2 is 0.700 bits per heavy atom. The summed E-state index contributed by atoms with van der Waals surface area (Å²) in [6.07, 6.45) is 12.9. The minimum Gasteiger partial charge on any atom is -0.493 e. The van der Waals surface area contributed by atoms with Crippen molar-refractivity contribution in [3.05, 3.63) is 360 Å². The molecule has 16 rings (SSSR count). The molecule has 0 aliphatic heterocycles. The Kier molecular flexibility index (Phi) is 28.6. The molecule has 0 bridgehead atoms. The standard InChI is InChI=1S/C34H33N7O4S.2C30H31N7O4S/c1-34(2,3)29-19-30(41(39-29)24-12-10-23(11-13-24)21-40-32(43)38-33(44)46-40)37-31(42)36-27-14-15-28(26-9-5-4-8-25(26)27)45-18-16-22-7-6-17-35-20-22;1-30(2,3)25-18-26(37(35-25)23-8-4-21(5-9-23)19-36-28(39)34-29(40)42-36)33-27(38)32-22-6-10-24(11-7-22)41-17-14-20-12-15-31-16-13-20;1-30(2,3)25-17-26(37(35-25)23-10-6-21(7-11-23)19-36-28(39)34-29(40)42-36)33-27(38)32-22-8-12-24(13-9-22)41-16-14-20-5-4-15-31-18-20/h4-15,17,19-20H,16,18,21H2,1-3H3,(H2,36,37,42)(H,38,43,44);4-13,15-16,18H,14,17,19H2,1-3H3,(H2,32,33,38)(H,34,39,40);4-13,15,17-18H,14,16,19H2,1-3H3,(H2,32,33,38)(H,34,39,40). The van der Waals surface area contributed by atoms with Crippen molar-refractivity contribution in [1.29, 1.82) is 0 Å². The predicted molar refractivity (Wildman–Crippen MR) is 507 cm³/mol. The maximum Gasteiger partial charge on any atom is 0.338 e. The zero-order valence-electron chi connectivity index (χ0n) is 72.5. The molecule has 0 unspecified atom stereocenters. The number of pyridine rings is 3. The zero-order valence-corrected chi connectivity index (χ0v) is 75.0. The summed E-state index contributed by atoms with van der Waals surface area (Å²) in [5.41, 5.74) is 10.3. The first-order chi connectivity index (χ1) is 62.4. The van der Waals surface area contributed by atoms with E-state index in [9.17, 15) is 43.2 Å². The number of ether oxygens (including phenoxy) is 3. The van der Waals surface area contributed by atoms with Gasteiger partial charge in [0.15, 0.2) is 0 Å². The normalized spacial score (nSPS) is 11.4. The van der Waals surface area contributed by atoms with Gasteiger partial charge in [-0.2, -0.15) is 15.3 Å². The van der Waals surface area contributed by atoms with Gasteiger partial charge >= 0.3 is 49.8 Å². The highest BCUT2D eigenvalue weighted by Crippen LogP contribution is 2.35. The lowest BCUT2D eigenvalue weighted by Gasteiger charge is -2.14. The van der Waals surface area contributed by atoms with Crippen LogP contribution in [0, 0.1) is 0 Å². The van der Waals surface area contributed by atoms with Crippen LogP contribution < -0.4 is 77.8 Å². The lowest BCUT2D eigenvalue weighted by atomic mass is 9.92. The fraction of sp³-hybridized carbons (Fsp3) is 0.223. The highest BCUT2D eigenvalue weighted by molar-refractivity contribution is 7.03. The number of carbonyl (C=O) groups is 3. The number of aromatic amines is 3. The number of rotatable bonds is 27. The zero-order chi connectivity index (χ0) is 91.6. The number of fused-ring (bicyclic) bond motifs is 1. The second-order valence-electron chi connectivity index (χ2n) is 33.1. The van der Waals surface area contributed by atoms with Crippen molar-refractivity contribution in [1.82, 2.24) is 71.1 Å². The van der Waals surface area contributed by atoms with Crippen LogP contribution in [0.15, 0.2) is 278 Å². The Bertz CT molecular complexity index is 6690. The van der Waals surface area contributed by atoms with E-state index in [1.165, 1.54) is 11.9 Å². The van der Waals surface area contributed by atoms with Crippen LogP contribution in [0.25, 0.3) is 27.8 Å². The highest BCUT2D eigenvalue weighted by Gasteiger charge is 2.26. The molecule has 36 heteroatoms. The Hall–Kier alpha value is -15.4. The minimum absolute atomic E-state index is 0.252. The molecular formula is C94H95N21O12S3. The van der Waals surface area contributed by atoms with Gasteiger partial charge in [0.1, 0.15) is 34.7 Å². The minimum atomic E-state index is -0.436. The van der Waals surface area contributed by atoms with E-state index >= 15 is 0 Å². The quantitative estimate of drug-likeness (QED) is 0.0231. The van der Waals surface area contributed by atoms with E-state index in [1.54, 1.807) is 63.1 Å². The number of carbonyl (C=O) groups excluding carboxylic acids is 3. The maximum atomic E-state index is 13.4. The number of urea groups is 3. The van der Waals surface area contributed by atoms with Crippen LogP contribution in [0.3, 0.4) is 0 Å². The fourth-order valence-electron chi connectivity index (χ4n) is 13.2. The average Bonchev–Trinajstić information content (AvgIpc) is 1.56. The number of nitrogens with zero attached hydrogens (tertiary/aromatic N) is 12. The van der Waals surface area contributed by atoms with Gasteiger partial charge in [-0.3, -0.25) is 60.2 Å². The van der Waals surface area contributed by atoms with Gasteiger partial charge in [-0.25, -0.2) is 54.7 Å². The van der Waals surface area contributed by atoms with Crippen LogP contribution in [0.4, 0.5) is 48.9 Å². The van der Waals surface area contributed by atoms with Crippen molar-refractivity contribution in [2.24, 2.45) is 0 Å². The first-order valence-electron chi connectivity index (χ1n) is 41.4. The van der Waals surface area contributed by atoms with E-state index in [-0.39, 0.29) is 35.9 Å². The molecule has 0 atom stereocenters. The number of benzene rings is 7. The Balaban J connectivity index is 0.000000158. The van der Waals surface area contributed by atoms with Crippen LogP contribution in [0.5, 0.6) is 17.2 Å². The van der Waals surface area contributed by atoms with Gasteiger partial charge in [0.25, 0.3) is 0 Å². The van der Waals surface area contributed by atoms with Gasteiger partial charge in [-0.05, 0) is 155 Å². The summed E-state index contributed by atoms with van der Waals surface area (Å²) in [4.78, 5) is 127. The molecule has 9 N–H and O–H groups in total. The van der Waals surface area contributed by atoms with E-state index in [2.05, 4.69) is 82.6 Å². The number of anilines is 6. The molecular weight excluding hydrogens is 1710 g/mol. The molecule has 9 aromatic heterocycles. The summed E-state index contributed by atoms with van der Waals surface area (Å²) in [7, 11) is 0. The van der Waals surface area contributed by atoms with Gasteiger partial charge in [-0.1, -0.05) is 135 Å². The molecule has 9 heterocycles. The predicted octanol–water partition coefficient (Wildman–Crippen LogP) is 15.5. The van der Waals surface area contributed by atoms with Crippen molar-refractivity contribution in [3.8, 4) is 34.3 Å². The molecule has 0 spiro atoms. The van der Waals surface area contributed by atoms with Crippen molar-refractivity contribution in [3.63, 3.8) is 0 Å². The summed E-state index contributed by atoms with van der Waals surface area (Å²) in [5.74, 6) is 3.65. The summed E-state index contributed by atoms with van der Waals surface area (Å²) in [6, 6.07) is 64.2. The molecule has 666 valence electrons. The third kappa shape index (κ3) is 24.6. The Labute approximate surface area is 757 Å². The molecule has 0 saturated heterocycles. The van der Waals surface area contributed by atoms with E-state index in [0.717, 1.165) is 138 Å². The first kappa shape index (κ1) is 90.8. The van der Waals surface area contributed by atoms with E-state index < -0.39 is 49.8 Å². The number of hydrogen-bond acceptors (Lipinski definition) is 21. The van der Waals surface area contributed by atoms with Crippen LogP contribution in [-0.4, -0.2) is 109 Å². The lowest BCUT2D eigenvalue weighted by Crippen LogP contribution is -2.21. The molecule has 7 aromatic carbocycles. The topological polar surface area (TPSA) is 408 Å². The number of aromatic nitrogens is 15. The van der Waals surface area contributed by atoms with Gasteiger partial charge in [-0.15, -0.1) is 0 Å². The largest absolute Gasteiger partial charge is 0.493 e. The molecule has 6 amide bonds. The lowest BCUT2D eigenvalue weighted by molar-refractivity contribution is 0.261. The summed E-state index contributed by atoms with van der Waals surface area (Å²) in [6.45, 7) is 20.8. The molecule has 0 aliphatic rings. The van der Waals surface area contributed by atoms with E-state index in [4.69, 9.17) is 29.5 Å². The van der Waals surface area contributed by atoms with E-state index in [1.807, 2.05) is 242 Å². The van der Waals surface area contributed by atoms with Crippen molar-refractivity contribution < 1.29 is 28.6 Å². The molecule has 0 fully saturated rings. The van der Waals surface area contributed by atoms with Gasteiger partial charge in [0.05, 0.1) is 79.3 Å². The summed E-state index contributed by atoms with van der Waals surface area (Å²) >= 11 is 2.52. The number of nitrogens with one attached hydrogen (secondary N) is 9. The van der Waals surface area contributed by atoms with Crippen molar-refractivity contribution >= 4 is 98.0 Å². The molecule has 16 aromatic rings. The monoisotopic (exact) mass is 1810 g/mol. The third-order valence-corrected chi connectivity index (χ3v) is 22.4. The SMILES string of the molecule is CC(C)(C)c1cc(NC(=O)Nc2ccc(OCCc3cccnc3)c3ccccc23)n(-c2ccc(Cn3sc(=O)[nH]c3=O)cc2)n1.CC(C)(C)c1cc(NC(=O)Nc2ccc(OCCc3cccnc3)cc2)n(-c2ccc(Cn3sc(=O)[nH]c3=O)cc2)n1.CC(C)(C)c1cc(NC(=O)Nc2ccc(OCCc3ccncc3)cc2)n(-c2ccc(Cn3sc(=O)[nH]c3=O)cc2)n1. The van der Waals surface area contributed by atoms with Crippen molar-refractivity contribution in [2.45, 2.75) is 117 Å². The smallest absolute Gasteiger partial charge is 0.338 e. The van der Waals surface area contributed by atoms with Gasteiger partial charge in [0, 0.05) is 148 Å². The molecule has 0 radical (unpaired) electrons. The van der Waals surface area contributed by atoms with E-state index in [0.29, 0.717) is 65.8 Å². The van der Waals surface area contributed by atoms with Crippen LogP contribution in [-0.2, 0) is 55.1 Å². The van der Waals surface area contributed by atoms with Crippen molar-refractivity contribution in [2.75, 3.05) is 51.7 Å². The van der Waals surface area contributed by atoms with Crippen LogP contribution in [0.1, 0.15) is 113 Å². The highest BCUT2D eigenvalue weighted by atomic mass is 32.1. The van der Waals surface area contributed by atoms with Gasteiger partial charge < -0.3 is 30.2 Å². The van der Waals surface area contributed by atoms with Crippen LogP contribution >= 0.6 is 34.6 Å². The Morgan fingerprint density at radius 1 is 0.346 bits per heavy atom. The molecule has 0 aliphatic carbocycles. The third-order valence-electron chi connectivity index (χ3n) is 20.1. The maximum absolute atomic E-state index is 13.4. The average molecular weight is 1810 g/mol. The van der Waals surface area contributed by atoms with Crippen LogP contribution in [0.2, 0.25) is 0 Å². The first-order valence-corrected chi connectivity index (χ1v) is 43.8. The number of H-pyrrole nitrogens is 3. The molecule has 33 nitrogen and oxygen atoms in total. The fourth-order valence-corrected chi connectivity index (χ4v) is 15.2. The summed E-state index contributed by atoms with van der Waals surface area (Å²) in [5, 5.41) is 33.6. The van der Waals surface area contributed by atoms with Gasteiger partial charge in [0.2, 0.25) is 0 Å². The molecule has 0 saturated carbocycles. The Morgan fingerprint density at radius 3 is 1.05 bits per heavy atom. The summed E-state index contributed by atoms with van der Waals surface area (Å²) < 4.78 is 26.9. The second kappa shape index (κ2) is 40.9. The number of hydrogen-bond donors (Lipinski definition) is 9. The molecule has 130 heavy (non-hydrogen) atoms. The second-order valence-corrected chi connectivity index (χ2v) is 36.1.